The van der Waals surface area contributed by atoms with Gasteiger partial charge in [0.2, 0.25) is 5.95 Å². The summed E-state index contributed by atoms with van der Waals surface area (Å²) >= 11 is 0. The van der Waals surface area contributed by atoms with E-state index < -0.39 is 0 Å². The number of rotatable bonds is 6. The lowest BCUT2D eigenvalue weighted by atomic mass is 10.1. The van der Waals surface area contributed by atoms with E-state index in [2.05, 4.69) is 15.6 Å². The molecule has 0 unspecified atom stereocenters. The highest BCUT2D eigenvalue weighted by Gasteiger charge is 2.23. The maximum Gasteiger partial charge on any atom is 0.272 e. The number of aromatic nitrogens is 4. The highest BCUT2D eigenvalue weighted by molar-refractivity contribution is 6.00. The Balaban J connectivity index is 2.05. The maximum atomic E-state index is 13.0. The van der Waals surface area contributed by atoms with Crippen LogP contribution in [-0.4, -0.2) is 38.3 Å². The highest BCUT2D eigenvalue weighted by Crippen LogP contribution is 2.31. The molecule has 4 aromatic rings. The molecule has 0 aliphatic heterocycles. The molecule has 0 spiro atoms. The fourth-order valence-electron chi connectivity index (χ4n) is 3.74. The number of fused-ring (bicyclic) bond motifs is 1. The van der Waals surface area contributed by atoms with Crippen molar-refractivity contribution in [2.24, 2.45) is 0 Å². The van der Waals surface area contributed by atoms with Crippen molar-refractivity contribution in [3.63, 3.8) is 0 Å². The number of benzene rings is 1. The van der Waals surface area contributed by atoms with Gasteiger partial charge < -0.3 is 10.6 Å². The zero-order valence-corrected chi connectivity index (χ0v) is 18.2. The van der Waals surface area contributed by atoms with Crippen LogP contribution in [0.2, 0.25) is 0 Å². The van der Waals surface area contributed by atoms with Gasteiger partial charge in [0.05, 0.1) is 11.4 Å². The second-order valence-corrected chi connectivity index (χ2v) is 7.36. The van der Waals surface area contributed by atoms with Gasteiger partial charge in [-0.05, 0) is 39.8 Å². The molecule has 0 radical (unpaired) electrons. The maximum absolute atomic E-state index is 13.0. The molecule has 0 aliphatic rings. The van der Waals surface area contributed by atoms with Gasteiger partial charge in [-0.1, -0.05) is 30.3 Å². The molecular formula is C24H26N6O. The van der Waals surface area contributed by atoms with Gasteiger partial charge in [-0.15, -0.1) is 0 Å². The summed E-state index contributed by atoms with van der Waals surface area (Å²) in [6.07, 6.45) is 0. The van der Waals surface area contributed by atoms with Crippen molar-refractivity contribution < 1.29 is 4.79 Å². The molecule has 7 heteroatoms. The number of amides is 1. The van der Waals surface area contributed by atoms with Crippen LogP contribution in [0.1, 0.15) is 35.7 Å². The van der Waals surface area contributed by atoms with Crippen molar-refractivity contribution in [1.29, 1.82) is 0 Å². The molecule has 2 N–H and O–H groups in total. The Bertz CT molecular complexity index is 1230. The van der Waals surface area contributed by atoms with Crippen LogP contribution in [0, 0.1) is 13.8 Å². The lowest BCUT2D eigenvalue weighted by Crippen LogP contribution is -2.23. The number of anilines is 1. The number of carbonyl (C=O) groups is 1. The molecule has 0 bridgehead atoms. The lowest BCUT2D eigenvalue weighted by molar-refractivity contribution is 0.0952. The summed E-state index contributed by atoms with van der Waals surface area (Å²) in [6, 6.07) is 15.8. The number of imidazole rings is 1. The Morgan fingerprint density at radius 3 is 2.26 bits per heavy atom. The number of nitrogens with one attached hydrogen (secondary N) is 2. The molecule has 4 rings (SSSR count). The van der Waals surface area contributed by atoms with E-state index in [0.29, 0.717) is 36.1 Å². The molecule has 0 atom stereocenters. The Morgan fingerprint density at radius 1 is 0.903 bits per heavy atom. The molecule has 31 heavy (non-hydrogen) atoms. The first-order valence-corrected chi connectivity index (χ1v) is 10.5. The summed E-state index contributed by atoms with van der Waals surface area (Å²) in [5, 5.41) is 6.24. The summed E-state index contributed by atoms with van der Waals surface area (Å²) < 4.78 is 1.93. The first kappa shape index (κ1) is 20.5. The Labute approximate surface area is 181 Å². The largest absolute Gasteiger partial charge is 0.356 e. The molecule has 0 saturated carbocycles. The van der Waals surface area contributed by atoms with Crippen LogP contribution in [0.5, 0.6) is 0 Å². The smallest absolute Gasteiger partial charge is 0.272 e. The van der Waals surface area contributed by atoms with Gasteiger partial charge in [0, 0.05) is 41.7 Å². The standard InChI is InChI=1S/C24H26N6O/c1-5-25-23(31)21-22(18-12-15(3)27-16(4)13-18)30-20(29-21)14-19(28-24(30)26-6-2)17-10-8-7-9-11-17/h7-14H,5-6H2,1-4H3,(H,25,31)(H,26,28). The molecular weight excluding hydrogens is 388 g/mol. The topological polar surface area (TPSA) is 84.2 Å². The van der Waals surface area contributed by atoms with E-state index in [1.54, 1.807) is 0 Å². The minimum absolute atomic E-state index is 0.211. The molecule has 1 aromatic carbocycles. The summed E-state index contributed by atoms with van der Waals surface area (Å²) in [6.45, 7) is 9.01. The number of hydrogen-bond donors (Lipinski definition) is 2. The second kappa shape index (κ2) is 8.55. The Morgan fingerprint density at radius 2 is 1.61 bits per heavy atom. The summed E-state index contributed by atoms with van der Waals surface area (Å²) in [5.74, 6) is 0.432. The van der Waals surface area contributed by atoms with Crippen molar-refractivity contribution in [2.75, 3.05) is 18.4 Å². The van der Waals surface area contributed by atoms with Gasteiger partial charge >= 0.3 is 0 Å². The van der Waals surface area contributed by atoms with E-state index in [4.69, 9.17) is 9.97 Å². The minimum Gasteiger partial charge on any atom is -0.356 e. The molecule has 3 heterocycles. The van der Waals surface area contributed by atoms with Crippen LogP contribution in [0.25, 0.3) is 28.2 Å². The molecule has 0 aliphatic carbocycles. The SMILES string of the molecule is CCNC(=O)c1nc2cc(-c3ccccc3)nc(NCC)n2c1-c1cc(C)nc(C)c1. The summed E-state index contributed by atoms with van der Waals surface area (Å²) in [7, 11) is 0. The minimum atomic E-state index is -0.211. The number of pyridine rings is 1. The van der Waals surface area contributed by atoms with Gasteiger partial charge in [-0.25, -0.2) is 9.97 Å². The number of nitrogens with zero attached hydrogens (tertiary/aromatic N) is 4. The van der Waals surface area contributed by atoms with Crippen LogP contribution in [-0.2, 0) is 0 Å². The zero-order chi connectivity index (χ0) is 22.0. The quantitative estimate of drug-likeness (QED) is 0.493. The third kappa shape index (κ3) is 3.99. The van der Waals surface area contributed by atoms with Crippen molar-refractivity contribution >= 4 is 17.5 Å². The van der Waals surface area contributed by atoms with E-state index in [1.807, 2.05) is 80.6 Å². The van der Waals surface area contributed by atoms with Crippen molar-refractivity contribution in [2.45, 2.75) is 27.7 Å². The van der Waals surface area contributed by atoms with E-state index in [9.17, 15) is 4.79 Å². The number of aryl methyl sites for hydroxylation is 2. The molecule has 158 valence electrons. The highest BCUT2D eigenvalue weighted by atomic mass is 16.1. The van der Waals surface area contributed by atoms with Crippen molar-refractivity contribution in [3.8, 4) is 22.5 Å². The predicted octanol–water partition coefficient (Wildman–Crippen LogP) is 4.26. The van der Waals surface area contributed by atoms with Crippen LogP contribution in [0.15, 0.2) is 48.5 Å². The van der Waals surface area contributed by atoms with Crippen molar-refractivity contribution in [3.05, 3.63) is 65.6 Å². The molecule has 1 amide bonds. The van der Waals surface area contributed by atoms with Crippen LogP contribution < -0.4 is 10.6 Å². The van der Waals surface area contributed by atoms with E-state index in [0.717, 1.165) is 28.2 Å². The van der Waals surface area contributed by atoms with Gasteiger partial charge in [0.1, 0.15) is 5.65 Å². The van der Waals surface area contributed by atoms with Crippen LogP contribution in [0.3, 0.4) is 0 Å². The summed E-state index contributed by atoms with van der Waals surface area (Å²) in [4.78, 5) is 27.1. The van der Waals surface area contributed by atoms with Gasteiger partial charge in [0.25, 0.3) is 5.91 Å². The predicted molar refractivity (Wildman–Crippen MR) is 123 cm³/mol. The van der Waals surface area contributed by atoms with Gasteiger partial charge in [0.15, 0.2) is 5.69 Å². The number of carbonyl (C=O) groups excluding carboxylic acids is 1. The van der Waals surface area contributed by atoms with Gasteiger partial charge in [-0.2, -0.15) is 0 Å². The average Bonchev–Trinajstić information content (AvgIpc) is 3.14. The summed E-state index contributed by atoms with van der Waals surface area (Å²) in [5.41, 5.74) is 6.17. The molecule has 3 aromatic heterocycles. The van der Waals surface area contributed by atoms with E-state index in [1.165, 1.54) is 0 Å². The average molecular weight is 415 g/mol. The molecule has 0 saturated heterocycles. The zero-order valence-electron chi connectivity index (χ0n) is 18.2. The second-order valence-electron chi connectivity index (χ2n) is 7.36. The third-order valence-electron chi connectivity index (χ3n) is 4.92. The fourth-order valence-corrected chi connectivity index (χ4v) is 3.74. The fraction of sp³-hybridized carbons (Fsp3) is 0.250. The lowest BCUT2D eigenvalue weighted by Gasteiger charge is -2.13. The number of hydrogen-bond acceptors (Lipinski definition) is 5. The van der Waals surface area contributed by atoms with E-state index in [-0.39, 0.29) is 5.91 Å². The third-order valence-corrected chi connectivity index (χ3v) is 4.92. The Kier molecular flexibility index (Phi) is 5.66. The monoisotopic (exact) mass is 414 g/mol. The molecule has 7 nitrogen and oxygen atoms in total. The van der Waals surface area contributed by atoms with Crippen LogP contribution in [0.4, 0.5) is 5.95 Å². The van der Waals surface area contributed by atoms with Gasteiger partial charge in [-0.3, -0.25) is 14.2 Å². The van der Waals surface area contributed by atoms with E-state index >= 15 is 0 Å². The molecule has 0 fully saturated rings. The Hall–Kier alpha value is -3.74. The van der Waals surface area contributed by atoms with Crippen molar-refractivity contribution in [1.82, 2.24) is 24.7 Å². The normalized spacial score (nSPS) is 11.0. The first-order valence-electron chi connectivity index (χ1n) is 10.5. The van der Waals surface area contributed by atoms with Crippen LogP contribution >= 0.6 is 0 Å². The first-order chi connectivity index (χ1) is 15.0.